The fraction of sp³-hybridized carbons (Fsp3) is 0.625. The van der Waals surface area contributed by atoms with Crippen LogP contribution in [0.4, 0.5) is 0 Å². The van der Waals surface area contributed by atoms with E-state index in [2.05, 4.69) is 13.8 Å². The second kappa shape index (κ2) is 10.2. The third-order valence-corrected chi connectivity index (χ3v) is 3.65. The number of benzene rings is 1. The van der Waals surface area contributed by atoms with Gasteiger partial charge in [0, 0.05) is 11.4 Å². The molecule has 0 unspecified atom stereocenters. The normalized spacial score (nSPS) is 10.6. The van der Waals surface area contributed by atoms with Crippen molar-refractivity contribution in [1.29, 1.82) is 0 Å². The average molecular weight is 319 g/mol. The number of hydrogen-bond acceptors (Lipinski definition) is 2. The zero-order chi connectivity index (χ0) is 14.8. The van der Waals surface area contributed by atoms with Crippen molar-refractivity contribution >= 4 is 23.2 Å². The maximum absolute atomic E-state index is 6.07. The van der Waals surface area contributed by atoms with E-state index in [-0.39, 0.29) is 0 Å². The zero-order valence-corrected chi connectivity index (χ0v) is 13.9. The molecule has 0 aliphatic rings. The van der Waals surface area contributed by atoms with E-state index in [0.29, 0.717) is 25.0 Å². The van der Waals surface area contributed by atoms with Gasteiger partial charge in [-0.1, -0.05) is 32.8 Å². The molecule has 0 aliphatic carbocycles. The molecule has 0 heterocycles. The molecule has 2 nitrogen and oxygen atoms in total. The van der Waals surface area contributed by atoms with E-state index in [1.54, 1.807) is 0 Å². The summed E-state index contributed by atoms with van der Waals surface area (Å²) in [6, 6.07) is 3.91. The van der Waals surface area contributed by atoms with Gasteiger partial charge in [-0.15, -0.1) is 23.2 Å². The monoisotopic (exact) mass is 318 g/mol. The minimum atomic E-state index is 0.383. The Morgan fingerprint density at radius 1 is 0.900 bits per heavy atom. The zero-order valence-electron chi connectivity index (χ0n) is 12.4. The van der Waals surface area contributed by atoms with Crippen molar-refractivity contribution in [1.82, 2.24) is 0 Å². The van der Waals surface area contributed by atoms with Gasteiger partial charge in [-0.3, -0.25) is 0 Å². The number of hydrogen-bond donors (Lipinski definition) is 0. The van der Waals surface area contributed by atoms with Gasteiger partial charge in [0.15, 0.2) is 11.5 Å². The van der Waals surface area contributed by atoms with Gasteiger partial charge < -0.3 is 9.47 Å². The van der Waals surface area contributed by atoms with Crippen LogP contribution in [0.25, 0.3) is 0 Å². The van der Waals surface area contributed by atoms with Gasteiger partial charge in [-0.25, -0.2) is 0 Å². The molecule has 0 fully saturated rings. The van der Waals surface area contributed by atoms with Crippen molar-refractivity contribution in [3.05, 3.63) is 23.3 Å². The largest absolute Gasteiger partial charge is 0.490 e. The predicted octanol–water partition coefficient (Wildman–Crippen LogP) is 5.52. The highest BCUT2D eigenvalue weighted by atomic mass is 35.5. The number of rotatable bonds is 10. The van der Waals surface area contributed by atoms with Crippen molar-refractivity contribution < 1.29 is 9.47 Å². The molecule has 0 N–H and O–H groups in total. The van der Waals surface area contributed by atoms with E-state index < -0.39 is 0 Å². The lowest BCUT2D eigenvalue weighted by Crippen LogP contribution is -2.06. The highest BCUT2D eigenvalue weighted by Gasteiger charge is 2.15. The molecule has 0 saturated carbocycles. The highest BCUT2D eigenvalue weighted by Crippen LogP contribution is 2.36. The topological polar surface area (TPSA) is 18.5 Å². The predicted molar refractivity (Wildman–Crippen MR) is 86.4 cm³/mol. The SMILES string of the molecule is CCCCOc1ccc(CCl)c(CCl)c1OCCCC. The molecule has 4 heteroatoms. The maximum Gasteiger partial charge on any atom is 0.165 e. The van der Waals surface area contributed by atoms with Crippen molar-refractivity contribution in [2.75, 3.05) is 13.2 Å². The van der Waals surface area contributed by atoms with Crippen LogP contribution in [0.5, 0.6) is 11.5 Å². The van der Waals surface area contributed by atoms with E-state index >= 15 is 0 Å². The Balaban J connectivity index is 2.94. The lowest BCUT2D eigenvalue weighted by molar-refractivity contribution is 0.260. The summed E-state index contributed by atoms with van der Waals surface area (Å²) in [5.74, 6) is 2.36. The van der Waals surface area contributed by atoms with E-state index in [1.165, 1.54) is 0 Å². The van der Waals surface area contributed by atoms with Crippen molar-refractivity contribution in [3.63, 3.8) is 0 Å². The number of ether oxygens (including phenoxy) is 2. The van der Waals surface area contributed by atoms with Crippen molar-refractivity contribution in [2.24, 2.45) is 0 Å². The molecule has 1 rings (SSSR count). The van der Waals surface area contributed by atoms with Gasteiger partial charge in [0.05, 0.1) is 19.1 Å². The Morgan fingerprint density at radius 2 is 1.55 bits per heavy atom. The van der Waals surface area contributed by atoms with Crippen LogP contribution in [0.1, 0.15) is 50.7 Å². The van der Waals surface area contributed by atoms with E-state index in [1.807, 2.05) is 12.1 Å². The number of unbranched alkanes of at least 4 members (excludes halogenated alkanes) is 2. The molecule has 0 radical (unpaired) electrons. The minimum Gasteiger partial charge on any atom is -0.490 e. The number of alkyl halides is 2. The molecule has 0 aliphatic heterocycles. The van der Waals surface area contributed by atoms with Gasteiger partial charge in [0.25, 0.3) is 0 Å². The van der Waals surface area contributed by atoms with Gasteiger partial charge >= 0.3 is 0 Å². The molecule has 20 heavy (non-hydrogen) atoms. The molecular weight excluding hydrogens is 295 g/mol. The molecule has 0 atom stereocenters. The van der Waals surface area contributed by atoms with Crippen LogP contribution in [-0.4, -0.2) is 13.2 Å². The first-order chi connectivity index (χ1) is 9.78. The third-order valence-electron chi connectivity index (χ3n) is 3.10. The van der Waals surface area contributed by atoms with Gasteiger partial charge in [0.2, 0.25) is 0 Å². The highest BCUT2D eigenvalue weighted by molar-refractivity contribution is 6.19. The van der Waals surface area contributed by atoms with Crippen molar-refractivity contribution in [2.45, 2.75) is 51.3 Å². The fourth-order valence-electron chi connectivity index (χ4n) is 1.84. The standard InChI is InChI=1S/C16H24Cl2O2/c1-3-5-9-19-15-8-7-13(11-17)14(12-18)16(15)20-10-6-4-2/h7-8H,3-6,9-12H2,1-2H3. The second-order valence-electron chi connectivity index (χ2n) is 4.70. The summed E-state index contributed by atoms with van der Waals surface area (Å²) in [4.78, 5) is 0. The molecule has 114 valence electrons. The van der Waals surface area contributed by atoms with Crippen LogP contribution in [0.15, 0.2) is 12.1 Å². The van der Waals surface area contributed by atoms with Gasteiger partial charge in [-0.05, 0) is 24.5 Å². The summed E-state index contributed by atoms with van der Waals surface area (Å²) in [5.41, 5.74) is 1.96. The Labute approximate surface area is 132 Å². The Hall–Kier alpha value is -0.600. The Morgan fingerprint density at radius 3 is 2.10 bits per heavy atom. The molecule has 0 aromatic heterocycles. The average Bonchev–Trinajstić information content (AvgIpc) is 2.48. The fourth-order valence-corrected chi connectivity index (χ4v) is 2.38. The second-order valence-corrected chi connectivity index (χ2v) is 5.24. The van der Waals surface area contributed by atoms with Crippen LogP contribution in [0.2, 0.25) is 0 Å². The first-order valence-electron chi connectivity index (χ1n) is 7.30. The molecule has 0 spiro atoms. The van der Waals surface area contributed by atoms with Crippen LogP contribution < -0.4 is 9.47 Å². The smallest absolute Gasteiger partial charge is 0.165 e. The molecule has 1 aromatic carbocycles. The van der Waals surface area contributed by atoms with Crippen LogP contribution in [0.3, 0.4) is 0 Å². The van der Waals surface area contributed by atoms with Crippen LogP contribution >= 0.6 is 23.2 Å². The number of halogens is 2. The molecule has 0 amide bonds. The Kier molecular flexibility index (Phi) is 8.88. The maximum atomic E-state index is 6.07. The van der Waals surface area contributed by atoms with E-state index in [4.69, 9.17) is 32.7 Å². The molecule has 1 aromatic rings. The summed E-state index contributed by atoms with van der Waals surface area (Å²) in [6.07, 6.45) is 4.24. The van der Waals surface area contributed by atoms with Gasteiger partial charge in [0.1, 0.15) is 0 Å². The summed E-state index contributed by atoms with van der Waals surface area (Å²) < 4.78 is 11.7. The minimum absolute atomic E-state index is 0.383. The molecule has 0 saturated heterocycles. The first kappa shape index (κ1) is 17.5. The van der Waals surface area contributed by atoms with Crippen LogP contribution in [-0.2, 0) is 11.8 Å². The summed E-state index contributed by atoms with van der Waals surface area (Å²) in [7, 11) is 0. The molecular formula is C16H24Cl2O2. The summed E-state index contributed by atoms with van der Waals surface area (Å²) in [5, 5.41) is 0. The van der Waals surface area contributed by atoms with Crippen LogP contribution in [0, 0.1) is 0 Å². The molecule has 0 bridgehead atoms. The van der Waals surface area contributed by atoms with E-state index in [0.717, 1.165) is 48.3 Å². The first-order valence-corrected chi connectivity index (χ1v) is 8.37. The lowest BCUT2D eigenvalue weighted by Gasteiger charge is -2.17. The summed E-state index contributed by atoms with van der Waals surface area (Å²) in [6.45, 7) is 5.65. The van der Waals surface area contributed by atoms with Crippen molar-refractivity contribution in [3.8, 4) is 11.5 Å². The lowest BCUT2D eigenvalue weighted by atomic mass is 10.1. The van der Waals surface area contributed by atoms with Gasteiger partial charge in [-0.2, -0.15) is 0 Å². The Bertz CT molecular complexity index is 394. The van der Waals surface area contributed by atoms with E-state index in [9.17, 15) is 0 Å². The quantitative estimate of drug-likeness (QED) is 0.417. The summed E-state index contributed by atoms with van der Waals surface area (Å²) >= 11 is 12.0. The third kappa shape index (κ3) is 5.06.